The Morgan fingerprint density at radius 3 is 2.96 bits per heavy atom. The molecule has 0 aliphatic heterocycles. The molecule has 0 aliphatic rings. The highest BCUT2D eigenvalue weighted by atomic mass is 16.4. The molecule has 0 bridgehead atoms. The van der Waals surface area contributed by atoms with Crippen LogP contribution in [0, 0.1) is 6.92 Å². The highest BCUT2D eigenvalue weighted by molar-refractivity contribution is 6.14. The van der Waals surface area contributed by atoms with E-state index in [1.54, 1.807) is 30.7 Å². The number of aryl methyl sites for hydroxylation is 1. The molecule has 0 aliphatic carbocycles. The molecular formula is C16H12N6O2. The first kappa shape index (κ1) is 14.1. The molecule has 4 heterocycles. The molecule has 3 N–H and O–H groups in total. The highest BCUT2D eigenvalue weighted by Crippen LogP contribution is 2.31. The Hall–Kier alpha value is -3.55. The molecule has 4 aromatic rings. The Labute approximate surface area is 135 Å². The van der Waals surface area contributed by atoms with Crippen molar-refractivity contribution in [2.45, 2.75) is 6.92 Å². The van der Waals surface area contributed by atoms with Crippen LogP contribution in [0.5, 0.6) is 0 Å². The van der Waals surface area contributed by atoms with Crippen LogP contribution in [0.2, 0.25) is 0 Å². The number of hydrogen-bond acceptors (Lipinski definition) is 6. The molecule has 8 nitrogen and oxygen atoms in total. The zero-order valence-corrected chi connectivity index (χ0v) is 12.6. The number of H-pyrrole nitrogens is 1. The molecule has 118 valence electrons. The van der Waals surface area contributed by atoms with Gasteiger partial charge < -0.3 is 10.4 Å². The fourth-order valence-corrected chi connectivity index (χ4v) is 2.62. The maximum atomic E-state index is 11.5. The first-order chi connectivity index (χ1) is 11.6. The maximum absolute atomic E-state index is 11.5. The molecule has 8 heteroatoms. The average molecular weight is 320 g/mol. The summed E-state index contributed by atoms with van der Waals surface area (Å²) in [7, 11) is 0. The van der Waals surface area contributed by atoms with E-state index in [0.29, 0.717) is 27.6 Å². The van der Waals surface area contributed by atoms with Crippen molar-refractivity contribution < 1.29 is 9.90 Å². The van der Waals surface area contributed by atoms with Crippen molar-refractivity contribution in [2.24, 2.45) is 0 Å². The lowest BCUT2D eigenvalue weighted by Gasteiger charge is -2.09. The van der Waals surface area contributed by atoms with Gasteiger partial charge in [-0.1, -0.05) is 0 Å². The van der Waals surface area contributed by atoms with Crippen LogP contribution in [-0.2, 0) is 0 Å². The van der Waals surface area contributed by atoms with E-state index in [4.69, 9.17) is 0 Å². The molecule has 0 atom stereocenters. The Morgan fingerprint density at radius 1 is 1.29 bits per heavy atom. The molecule has 0 unspecified atom stereocenters. The average Bonchev–Trinajstić information content (AvgIpc) is 3.01. The molecule has 0 aromatic carbocycles. The number of hydrogen-bond donors (Lipinski definition) is 3. The third-order valence-corrected chi connectivity index (χ3v) is 3.66. The molecule has 24 heavy (non-hydrogen) atoms. The number of aromatic nitrogens is 5. The number of pyridine rings is 3. The molecule has 0 spiro atoms. The van der Waals surface area contributed by atoms with Crippen LogP contribution in [0.4, 0.5) is 11.5 Å². The molecule has 0 radical (unpaired) electrons. The van der Waals surface area contributed by atoms with Crippen LogP contribution in [0.25, 0.3) is 21.8 Å². The molecule has 0 amide bonds. The standard InChI is InChI=1S/C16H12N6O2/c1-8-6-9(2-5-18-8)19-15-12-13(21-22-14(12)16(23)24)10-7-17-4-3-11(10)20-15/h2-7H,1H3,(H,21,22)(H,23,24)(H,18,19,20). The number of aromatic carboxylic acids is 1. The van der Waals surface area contributed by atoms with Crippen LogP contribution >= 0.6 is 0 Å². The Morgan fingerprint density at radius 2 is 2.17 bits per heavy atom. The number of carboxylic acids is 1. The second-order valence-corrected chi connectivity index (χ2v) is 5.29. The van der Waals surface area contributed by atoms with Gasteiger partial charge in [0.25, 0.3) is 0 Å². The summed E-state index contributed by atoms with van der Waals surface area (Å²) in [6.07, 6.45) is 4.93. The van der Waals surface area contributed by atoms with Crippen molar-refractivity contribution in [3.63, 3.8) is 0 Å². The number of nitrogens with zero attached hydrogens (tertiary/aromatic N) is 4. The van der Waals surface area contributed by atoms with Crippen LogP contribution < -0.4 is 5.32 Å². The first-order valence-corrected chi connectivity index (χ1v) is 7.18. The monoisotopic (exact) mass is 320 g/mol. The topological polar surface area (TPSA) is 117 Å². The summed E-state index contributed by atoms with van der Waals surface area (Å²) in [5.74, 6) is -0.683. The predicted molar refractivity (Wildman–Crippen MR) is 88.4 cm³/mol. The van der Waals surface area contributed by atoms with E-state index in [1.807, 2.05) is 13.0 Å². The van der Waals surface area contributed by atoms with Gasteiger partial charge >= 0.3 is 5.97 Å². The van der Waals surface area contributed by atoms with Crippen LogP contribution in [0.15, 0.2) is 36.8 Å². The van der Waals surface area contributed by atoms with E-state index >= 15 is 0 Å². The van der Waals surface area contributed by atoms with Crippen LogP contribution in [0.1, 0.15) is 16.2 Å². The van der Waals surface area contributed by atoms with Crippen molar-refractivity contribution in [2.75, 3.05) is 5.32 Å². The molecule has 4 aromatic heterocycles. The zero-order chi connectivity index (χ0) is 16.7. The van der Waals surface area contributed by atoms with Crippen molar-refractivity contribution in [3.05, 3.63) is 48.2 Å². The van der Waals surface area contributed by atoms with Gasteiger partial charge in [-0.05, 0) is 25.1 Å². The van der Waals surface area contributed by atoms with Gasteiger partial charge in [-0.15, -0.1) is 0 Å². The third-order valence-electron chi connectivity index (χ3n) is 3.66. The lowest BCUT2D eigenvalue weighted by atomic mass is 10.1. The minimum Gasteiger partial charge on any atom is -0.477 e. The van der Waals surface area contributed by atoms with Gasteiger partial charge in [0.05, 0.1) is 10.9 Å². The Balaban J connectivity index is 2.00. The van der Waals surface area contributed by atoms with Gasteiger partial charge in [0.15, 0.2) is 5.69 Å². The van der Waals surface area contributed by atoms with Crippen molar-refractivity contribution in [3.8, 4) is 0 Å². The van der Waals surface area contributed by atoms with E-state index in [1.165, 1.54) is 0 Å². The lowest BCUT2D eigenvalue weighted by Crippen LogP contribution is -2.01. The molecular weight excluding hydrogens is 308 g/mol. The largest absolute Gasteiger partial charge is 0.477 e. The first-order valence-electron chi connectivity index (χ1n) is 7.18. The summed E-state index contributed by atoms with van der Waals surface area (Å²) in [6.45, 7) is 1.88. The van der Waals surface area contributed by atoms with Crippen molar-refractivity contribution >= 4 is 39.3 Å². The number of carbonyl (C=O) groups is 1. The van der Waals surface area contributed by atoms with E-state index in [2.05, 4.69) is 30.5 Å². The number of fused-ring (bicyclic) bond motifs is 3. The van der Waals surface area contributed by atoms with Crippen LogP contribution in [-0.4, -0.2) is 36.2 Å². The summed E-state index contributed by atoms with van der Waals surface area (Å²) in [6, 6.07) is 5.40. The van der Waals surface area contributed by atoms with Gasteiger partial charge in [-0.2, -0.15) is 5.10 Å². The normalized spacial score (nSPS) is 11.0. The fraction of sp³-hybridized carbons (Fsp3) is 0.0625. The van der Waals surface area contributed by atoms with E-state index in [-0.39, 0.29) is 5.69 Å². The summed E-state index contributed by atoms with van der Waals surface area (Å²) < 4.78 is 0. The smallest absolute Gasteiger partial charge is 0.354 e. The minimum absolute atomic E-state index is 0.0171. The van der Waals surface area contributed by atoms with E-state index in [9.17, 15) is 9.90 Å². The van der Waals surface area contributed by atoms with Gasteiger partial charge in [-0.25, -0.2) is 9.78 Å². The Kier molecular flexibility index (Phi) is 3.09. The van der Waals surface area contributed by atoms with Gasteiger partial charge in [-0.3, -0.25) is 15.1 Å². The number of nitrogens with one attached hydrogen (secondary N) is 2. The van der Waals surface area contributed by atoms with Crippen molar-refractivity contribution in [1.29, 1.82) is 0 Å². The van der Waals surface area contributed by atoms with Crippen LogP contribution in [0.3, 0.4) is 0 Å². The molecule has 0 fully saturated rings. The summed E-state index contributed by atoms with van der Waals surface area (Å²) in [5.41, 5.74) is 2.78. The highest BCUT2D eigenvalue weighted by Gasteiger charge is 2.20. The third kappa shape index (κ3) is 2.21. The quantitative estimate of drug-likeness (QED) is 0.531. The number of aromatic amines is 1. The number of anilines is 2. The summed E-state index contributed by atoms with van der Waals surface area (Å²) in [4.78, 5) is 24.3. The summed E-state index contributed by atoms with van der Waals surface area (Å²) >= 11 is 0. The molecule has 0 saturated heterocycles. The van der Waals surface area contributed by atoms with Gasteiger partial charge in [0, 0.05) is 35.4 Å². The lowest BCUT2D eigenvalue weighted by molar-refractivity contribution is 0.0692. The molecule has 4 rings (SSSR count). The minimum atomic E-state index is -1.10. The van der Waals surface area contributed by atoms with E-state index < -0.39 is 5.97 Å². The second kappa shape index (κ2) is 5.27. The van der Waals surface area contributed by atoms with Gasteiger partial charge in [0.2, 0.25) is 0 Å². The SMILES string of the molecule is Cc1cc(Nc2nc3ccncc3c3n[nH]c(C(=O)O)c23)ccn1. The van der Waals surface area contributed by atoms with E-state index in [0.717, 1.165) is 11.4 Å². The second-order valence-electron chi connectivity index (χ2n) is 5.29. The molecule has 0 saturated carbocycles. The number of carboxylic acid groups (broad SMARTS) is 1. The fourth-order valence-electron chi connectivity index (χ4n) is 2.62. The maximum Gasteiger partial charge on any atom is 0.354 e. The zero-order valence-electron chi connectivity index (χ0n) is 12.6. The number of rotatable bonds is 3. The van der Waals surface area contributed by atoms with Gasteiger partial charge in [0.1, 0.15) is 11.3 Å². The predicted octanol–water partition coefficient (Wildman–Crippen LogP) is 2.65. The summed E-state index contributed by atoms with van der Waals surface area (Å²) in [5, 5.41) is 20.4. The van der Waals surface area contributed by atoms with Crippen molar-refractivity contribution in [1.82, 2.24) is 25.1 Å². The Bertz CT molecular complexity index is 1090.